The molecule has 0 aliphatic rings. The lowest BCUT2D eigenvalue weighted by atomic mass is 10.2. The van der Waals surface area contributed by atoms with Gasteiger partial charge in [-0.25, -0.2) is 4.98 Å². The molecule has 0 spiro atoms. The summed E-state index contributed by atoms with van der Waals surface area (Å²) >= 11 is 14.1. The predicted octanol–water partition coefficient (Wildman–Crippen LogP) is 6.31. The van der Waals surface area contributed by atoms with Gasteiger partial charge in [-0.05, 0) is 52.7 Å². The molecule has 0 aliphatic heterocycles. The minimum Gasteiger partial charge on any atom is -0.482 e. The summed E-state index contributed by atoms with van der Waals surface area (Å²) in [6.07, 6.45) is 0. The molecule has 3 rings (SSSR count). The van der Waals surface area contributed by atoms with Crippen molar-refractivity contribution >= 4 is 65.8 Å². The quantitative estimate of drug-likeness (QED) is 0.432. The molecule has 0 saturated heterocycles. The first-order chi connectivity index (χ1) is 12.4. The van der Waals surface area contributed by atoms with Crippen molar-refractivity contribution in [3.8, 4) is 17.0 Å². The number of amides is 1. The van der Waals surface area contributed by atoms with E-state index in [1.807, 2.05) is 36.6 Å². The lowest BCUT2D eigenvalue weighted by Crippen LogP contribution is -2.20. The van der Waals surface area contributed by atoms with E-state index in [2.05, 4.69) is 42.2 Å². The molecule has 134 valence electrons. The zero-order chi connectivity index (χ0) is 18.7. The molecule has 8 heteroatoms. The second-order valence-electron chi connectivity index (χ2n) is 5.42. The number of hydrogen-bond donors (Lipinski definition) is 1. The molecular weight excluding hydrogens is 504 g/mol. The van der Waals surface area contributed by atoms with E-state index in [-0.39, 0.29) is 12.5 Å². The SMILES string of the molecule is Cc1cc(Br)cc(Br)c1OCC(=O)Nc1nc(-c2ccc(Cl)cc2)cs1. The van der Waals surface area contributed by atoms with Crippen molar-refractivity contribution in [3.05, 3.63) is 61.3 Å². The highest BCUT2D eigenvalue weighted by molar-refractivity contribution is 9.11. The number of aromatic nitrogens is 1. The Labute approximate surface area is 176 Å². The van der Waals surface area contributed by atoms with Crippen LogP contribution in [0.5, 0.6) is 5.75 Å². The van der Waals surface area contributed by atoms with E-state index < -0.39 is 0 Å². The fraction of sp³-hybridized carbons (Fsp3) is 0.111. The van der Waals surface area contributed by atoms with Crippen LogP contribution in [0.25, 0.3) is 11.3 Å². The number of thiazole rings is 1. The van der Waals surface area contributed by atoms with Crippen LogP contribution in [0.4, 0.5) is 5.13 Å². The molecule has 0 unspecified atom stereocenters. The number of carbonyl (C=O) groups excluding carboxylic acids is 1. The topological polar surface area (TPSA) is 51.2 Å². The fourth-order valence-corrected chi connectivity index (χ4v) is 4.66. The van der Waals surface area contributed by atoms with Gasteiger partial charge in [-0.1, -0.05) is 39.7 Å². The van der Waals surface area contributed by atoms with Gasteiger partial charge in [0.25, 0.3) is 5.91 Å². The Balaban J connectivity index is 1.62. The number of hydrogen-bond acceptors (Lipinski definition) is 4. The van der Waals surface area contributed by atoms with E-state index in [0.717, 1.165) is 25.8 Å². The van der Waals surface area contributed by atoms with Gasteiger partial charge in [0.2, 0.25) is 0 Å². The zero-order valence-corrected chi connectivity index (χ0v) is 18.3. The maximum absolute atomic E-state index is 12.2. The maximum atomic E-state index is 12.2. The lowest BCUT2D eigenvalue weighted by molar-refractivity contribution is -0.118. The lowest BCUT2D eigenvalue weighted by Gasteiger charge is -2.11. The van der Waals surface area contributed by atoms with Crippen molar-refractivity contribution in [1.29, 1.82) is 0 Å². The first kappa shape index (κ1) is 19.4. The Bertz CT molecular complexity index is 922. The molecule has 0 aliphatic carbocycles. The van der Waals surface area contributed by atoms with Crippen LogP contribution in [0.1, 0.15) is 5.56 Å². The second kappa shape index (κ2) is 8.52. The number of halogens is 3. The average Bonchev–Trinajstić information content (AvgIpc) is 3.03. The summed E-state index contributed by atoms with van der Waals surface area (Å²) in [6.45, 7) is 1.82. The summed E-state index contributed by atoms with van der Waals surface area (Å²) in [6, 6.07) is 11.2. The molecule has 3 aromatic rings. The number of ether oxygens (including phenoxy) is 1. The first-order valence-corrected chi connectivity index (χ1v) is 10.4. The van der Waals surface area contributed by atoms with Crippen LogP contribution in [0.3, 0.4) is 0 Å². The van der Waals surface area contributed by atoms with Crippen molar-refractivity contribution in [2.24, 2.45) is 0 Å². The molecule has 0 fully saturated rings. The van der Waals surface area contributed by atoms with Crippen LogP contribution < -0.4 is 10.1 Å². The van der Waals surface area contributed by atoms with Gasteiger partial charge in [-0.15, -0.1) is 11.3 Å². The van der Waals surface area contributed by atoms with Crippen molar-refractivity contribution in [1.82, 2.24) is 4.98 Å². The van der Waals surface area contributed by atoms with Crippen LogP contribution >= 0.6 is 54.8 Å². The van der Waals surface area contributed by atoms with Crippen LogP contribution in [-0.2, 0) is 4.79 Å². The molecule has 0 saturated carbocycles. The number of rotatable bonds is 5. The van der Waals surface area contributed by atoms with Gasteiger partial charge in [0.15, 0.2) is 11.7 Å². The van der Waals surface area contributed by atoms with Crippen molar-refractivity contribution in [3.63, 3.8) is 0 Å². The average molecular weight is 517 g/mol. The highest BCUT2D eigenvalue weighted by Gasteiger charge is 2.12. The minimum atomic E-state index is -0.267. The second-order valence-corrected chi connectivity index (χ2v) is 8.48. The van der Waals surface area contributed by atoms with E-state index in [1.54, 1.807) is 12.1 Å². The number of aryl methyl sites for hydroxylation is 1. The van der Waals surface area contributed by atoms with Crippen LogP contribution in [0, 0.1) is 6.92 Å². The molecular formula is C18H13Br2ClN2O2S. The number of anilines is 1. The van der Waals surface area contributed by atoms with E-state index in [0.29, 0.717) is 15.9 Å². The molecule has 26 heavy (non-hydrogen) atoms. The van der Waals surface area contributed by atoms with Gasteiger partial charge in [0.1, 0.15) is 5.75 Å². The zero-order valence-electron chi connectivity index (χ0n) is 13.6. The highest BCUT2D eigenvalue weighted by Crippen LogP contribution is 2.32. The Kier molecular flexibility index (Phi) is 6.34. The predicted molar refractivity (Wildman–Crippen MR) is 113 cm³/mol. The third kappa shape index (κ3) is 4.85. The normalized spacial score (nSPS) is 10.6. The van der Waals surface area contributed by atoms with E-state index in [9.17, 15) is 4.79 Å². The summed E-state index contributed by atoms with van der Waals surface area (Å²) in [7, 11) is 0. The number of nitrogens with zero attached hydrogens (tertiary/aromatic N) is 1. The molecule has 1 aromatic heterocycles. The number of nitrogens with one attached hydrogen (secondary N) is 1. The van der Waals surface area contributed by atoms with Gasteiger partial charge in [0, 0.05) is 20.4 Å². The Morgan fingerprint density at radius 2 is 2.00 bits per heavy atom. The first-order valence-electron chi connectivity index (χ1n) is 7.52. The van der Waals surface area contributed by atoms with Crippen molar-refractivity contribution in [2.45, 2.75) is 6.92 Å². The van der Waals surface area contributed by atoms with Gasteiger partial charge in [-0.2, -0.15) is 0 Å². The van der Waals surface area contributed by atoms with Crippen LogP contribution in [-0.4, -0.2) is 17.5 Å². The molecule has 2 aromatic carbocycles. The highest BCUT2D eigenvalue weighted by atomic mass is 79.9. The standard InChI is InChI=1S/C18H13Br2ClN2O2S/c1-10-6-12(19)7-14(20)17(10)25-8-16(24)23-18-22-15(9-26-18)11-2-4-13(21)5-3-11/h2-7,9H,8H2,1H3,(H,22,23,24). The molecule has 1 heterocycles. The van der Waals surface area contributed by atoms with E-state index in [1.165, 1.54) is 11.3 Å². The molecule has 0 atom stereocenters. The molecule has 4 nitrogen and oxygen atoms in total. The van der Waals surface area contributed by atoms with E-state index in [4.69, 9.17) is 16.3 Å². The smallest absolute Gasteiger partial charge is 0.264 e. The number of benzene rings is 2. The minimum absolute atomic E-state index is 0.100. The van der Waals surface area contributed by atoms with E-state index >= 15 is 0 Å². The maximum Gasteiger partial charge on any atom is 0.264 e. The van der Waals surface area contributed by atoms with Gasteiger partial charge in [0.05, 0.1) is 10.2 Å². The van der Waals surface area contributed by atoms with Gasteiger partial charge in [-0.3, -0.25) is 10.1 Å². The Hall–Kier alpha value is -1.41. The molecule has 0 bridgehead atoms. The third-order valence-electron chi connectivity index (χ3n) is 3.43. The van der Waals surface area contributed by atoms with Crippen LogP contribution in [0.15, 0.2) is 50.7 Å². The summed E-state index contributed by atoms with van der Waals surface area (Å²) in [5.41, 5.74) is 2.66. The molecule has 1 amide bonds. The Morgan fingerprint density at radius 3 is 2.69 bits per heavy atom. The van der Waals surface area contributed by atoms with Crippen molar-refractivity contribution < 1.29 is 9.53 Å². The molecule has 0 radical (unpaired) electrons. The fourth-order valence-electron chi connectivity index (χ4n) is 2.25. The molecule has 1 N–H and O–H groups in total. The Morgan fingerprint density at radius 1 is 1.27 bits per heavy atom. The van der Waals surface area contributed by atoms with Crippen LogP contribution in [0.2, 0.25) is 5.02 Å². The largest absolute Gasteiger partial charge is 0.482 e. The summed E-state index contributed by atoms with van der Waals surface area (Å²) in [5.74, 6) is 0.376. The van der Waals surface area contributed by atoms with Crippen molar-refractivity contribution in [2.75, 3.05) is 11.9 Å². The van der Waals surface area contributed by atoms with Gasteiger partial charge >= 0.3 is 0 Å². The summed E-state index contributed by atoms with van der Waals surface area (Å²) in [4.78, 5) is 16.6. The van der Waals surface area contributed by atoms with Gasteiger partial charge < -0.3 is 4.74 Å². The summed E-state index contributed by atoms with van der Waals surface area (Å²) in [5, 5.41) is 5.83. The number of carbonyl (C=O) groups is 1. The third-order valence-corrected chi connectivity index (χ3v) is 5.49. The monoisotopic (exact) mass is 514 g/mol. The summed E-state index contributed by atoms with van der Waals surface area (Å²) < 4.78 is 7.37.